The van der Waals surface area contributed by atoms with Gasteiger partial charge in [0, 0.05) is 4.47 Å². The standard InChI is InChI=1S/C23H31BBrNO4/c1-9-23-11-10-17(26(23)19(27)28-20(2,3)4)18-15(23)12-14(25)13-16(18)24-29-21(5,6)22(7,8)30-24/h10-13,17H,9H2,1-8H3/t17-,23+/m0/s1. The summed E-state index contributed by atoms with van der Waals surface area (Å²) in [6.45, 7) is 16.0. The largest absolute Gasteiger partial charge is 0.495 e. The van der Waals surface area contributed by atoms with Crippen molar-refractivity contribution in [2.45, 2.75) is 90.2 Å². The van der Waals surface area contributed by atoms with Gasteiger partial charge in [0.05, 0.1) is 22.8 Å². The molecular formula is C23H31BBrNO4. The van der Waals surface area contributed by atoms with Gasteiger partial charge in [0.1, 0.15) is 5.60 Å². The molecule has 2 bridgehead atoms. The van der Waals surface area contributed by atoms with Crippen molar-refractivity contribution in [2.75, 3.05) is 0 Å². The Bertz CT molecular complexity index is 920. The zero-order valence-electron chi connectivity index (χ0n) is 19.1. The predicted molar refractivity (Wildman–Crippen MR) is 122 cm³/mol. The maximum atomic E-state index is 13.3. The first-order valence-electron chi connectivity index (χ1n) is 10.6. The molecule has 5 nitrogen and oxygen atoms in total. The number of halogens is 1. The van der Waals surface area contributed by atoms with Gasteiger partial charge >= 0.3 is 13.2 Å². The Morgan fingerprint density at radius 2 is 1.80 bits per heavy atom. The summed E-state index contributed by atoms with van der Waals surface area (Å²) in [6, 6.07) is 3.98. The van der Waals surface area contributed by atoms with Crippen LogP contribution in [0.2, 0.25) is 0 Å². The lowest BCUT2D eigenvalue weighted by Crippen LogP contribution is -2.44. The van der Waals surface area contributed by atoms with E-state index in [1.165, 1.54) is 0 Å². The molecular weight excluding hydrogens is 445 g/mol. The Balaban J connectivity index is 1.82. The highest BCUT2D eigenvalue weighted by Crippen LogP contribution is 2.55. The van der Waals surface area contributed by atoms with E-state index in [2.05, 4.69) is 74.8 Å². The van der Waals surface area contributed by atoms with Crippen LogP contribution in [-0.4, -0.2) is 34.9 Å². The topological polar surface area (TPSA) is 48.0 Å². The van der Waals surface area contributed by atoms with E-state index in [9.17, 15) is 4.79 Å². The van der Waals surface area contributed by atoms with Gasteiger partial charge in [-0.1, -0.05) is 35.0 Å². The molecule has 0 N–H and O–H groups in total. The first-order chi connectivity index (χ1) is 13.7. The van der Waals surface area contributed by atoms with E-state index in [4.69, 9.17) is 14.0 Å². The van der Waals surface area contributed by atoms with Gasteiger partial charge in [-0.15, -0.1) is 0 Å². The van der Waals surface area contributed by atoms with Crippen molar-refractivity contribution in [3.05, 3.63) is 39.9 Å². The minimum atomic E-state index is -0.560. The summed E-state index contributed by atoms with van der Waals surface area (Å²) in [6.07, 6.45) is 4.71. The number of carbonyl (C=O) groups excluding carboxylic acids is 1. The molecule has 2 atom stereocenters. The molecule has 1 saturated heterocycles. The summed E-state index contributed by atoms with van der Waals surface area (Å²) < 4.78 is 19.5. The molecule has 1 aromatic rings. The van der Waals surface area contributed by atoms with Gasteiger partial charge in [-0.25, -0.2) is 4.79 Å². The van der Waals surface area contributed by atoms with E-state index in [1.807, 2.05) is 25.7 Å². The number of rotatable bonds is 2. The summed E-state index contributed by atoms with van der Waals surface area (Å²) in [7, 11) is -0.497. The molecule has 3 aliphatic rings. The quantitative estimate of drug-likeness (QED) is 0.434. The molecule has 4 rings (SSSR count). The van der Waals surface area contributed by atoms with Crippen molar-refractivity contribution < 1.29 is 18.8 Å². The Labute approximate surface area is 188 Å². The second-order valence-corrected chi connectivity index (χ2v) is 11.4. The fourth-order valence-electron chi connectivity index (χ4n) is 4.67. The van der Waals surface area contributed by atoms with E-state index in [0.717, 1.165) is 27.5 Å². The molecule has 0 spiro atoms. The van der Waals surface area contributed by atoms with Gasteiger partial charge in [-0.3, -0.25) is 4.90 Å². The monoisotopic (exact) mass is 475 g/mol. The molecule has 7 heteroatoms. The summed E-state index contributed by atoms with van der Waals surface area (Å²) in [5.74, 6) is 0. The van der Waals surface area contributed by atoms with Gasteiger partial charge in [0.25, 0.3) is 0 Å². The van der Waals surface area contributed by atoms with Crippen molar-refractivity contribution in [3.63, 3.8) is 0 Å². The van der Waals surface area contributed by atoms with E-state index in [0.29, 0.717) is 0 Å². The predicted octanol–water partition coefficient (Wildman–Crippen LogP) is 5.22. The first-order valence-corrected chi connectivity index (χ1v) is 11.4. The maximum absolute atomic E-state index is 13.3. The second-order valence-electron chi connectivity index (χ2n) is 10.5. The zero-order valence-corrected chi connectivity index (χ0v) is 20.7. The number of ether oxygens (including phenoxy) is 1. The van der Waals surface area contributed by atoms with Gasteiger partial charge in [0.2, 0.25) is 0 Å². The van der Waals surface area contributed by atoms with Crippen molar-refractivity contribution in [1.29, 1.82) is 0 Å². The van der Waals surface area contributed by atoms with Crippen LogP contribution in [0.1, 0.15) is 79.0 Å². The highest BCUT2D eigenvalue weighted by atomic mass is 79.9. The highest BCUT2D eigenvalue weighted by molar-refractivity contribution is 9.10. The molecule has 0 unspecified atom stereocenters. The fourth-order valence-corrected chi connectivity index (χ4v) is 5.14. The molecule has 1 amide bonds. The Morgan fingerprint density at radius 3 is 2.33 bits per heavy atom. The smallest absolute Gasteiger partial charge is 0.444 e. The number of hydrogen-bond acceptors (Lipinski definition) is 4. The average molecular weight is 476 g/mol. The molecule has 1 aromatic carbocycles. The normalized spacial score (nSPS) is 28.2. The number of benzene rings is 1. The average Bonchev–Trinajstić information content (AvgIpc) is 3.17. The van der Waals surface area contributed by atoms with Crippen molar-refractivity contribution in [2.24, 2.45) is 0 Å². The van der Waals surface area contributed by atoms with Crippen molar-refractivity contribution in [1.82, 2.24) is 4.90 Å². The number of carbonyl (C=O) groups is 1. The number of hydrogen-bond donors (Lipinski definition) is 0. The van der Waals surface area contributed by atoms with Crippen LogP contribution in [0.25, 0.3) is 0 Å². The molecule has 0 aliphatic carbocycles. The molecule has 3 heterocycles. The number of fused-ring (bicyclic) bond motifs is 5. The number of nitrogens with zero attached hydrogens (tertiary/aromatic N) is 1. The third-order valence-electron chi connectivity index (χ3n) is 6.84. The molecule has 0 aromatic heterocycles. The van der Waals surface area contributed by atoms with E-state index >= 15 is 0 Å². The second kappa shape index (κ2) is 6.60. The van der Waals surface area contributed by atoms with Crippen LogP contribution in [0.4, 0.5) is 4.79 Å². The SMILES string of the molecule is CC[C@@]12C=C[C@@H](c3c(B4OC(C)(C)C(C)(C)O4)cc(Br)cc31)N2C(=O)OC(C)(C)C. The van der Waals surface area contributed by atoms with E-state index < -0.39 is 29.5 Å². The Hall–Kier alpha value is -1.31. The lowest BCUT2D eigenvalue weighted by molar-refractivity contribution is 0.00571. The molecule has 0 saturated carbocycles. The van der Waals surface area contributed by atoms with E-state index in [1.54, 1.807) is 0 Å². The Kier molecular flexibility index (Phi) is 4.82. The van der Waals surface area contributed by atoms with Crippen molar-refractivity contribution >= 4 is 34.6 Å². The van der Waals surface area contributed by atoms with Gasteiger partial charge in [-0.2, -0.15) is 0 Å². The first kappa shape index (κ1) is 21.9. The van der Waals surface area contributed by atoms with Crippen LogP contribution in [0.15, 0.2) is 28.8 Å². The van der Waals surface area contributed by atoms with Crippen LogP contribution < -0.4 is 5.46 Å². The van der Waals surface area contributed by atoms with Crippen LogP contribution in [0.3, 0.4) is 0 Å². The lowest BCUT2D eigenvalue weighted by Gasteiger charge is -2.35. The van der Waals surface area contributed by atoms with E-state index in [-0.39, 0.29) is 12.1 Å². The fraction of sp³-hybridized carbons (Fsp3) is 0.609. The minimum Gasteiger partial charge on any atom is -0.444 e. The zero-order chi connectivity index (χ0) is 22.3. The highest BCUT2D eigenvalue weighted by Gasteiger charge is 2.58. The summed E-state index contributed by atoms with van der Waals surface area (Å²) >= 11 is 3.68. The summed E-state index contributed by atoms with van der Waals surface area (Å²) in [5, 5.41) is 0. The maximum Gasteiger partial charge on any atom is 0.495 e. The molecule has 162 valence electrons. The van der Waals surface area contributed by atoms with Gasteiger partial charge < -0.3 is 14.0 Å². The van der Waals surface area contributed by atoms with Crippen molar-refractivity contribution in [3.8, 4) is 0 Å². The number of amides is 1. The van der Waals surface area contributed by atoms with Crippen LogP contribution in [0.5, 0.6) is 0 Å². The summed E-state index contributed by atoms with van der Waals surface area (Å²) in [4.78, 5) is 15.1. The van der Waals surface area contributed by atoms with Crippen LogP contribution in [0, 0.1) is 0 Å². The third kappa shape index (κ3) is 3.08. The summed E-state index contributed by atoms with van der Waals surface area (Å²) in [5.41, 5.74) is 1.21. The van der Waals surface area contributed by atoms with Crippen LogP contribution in [-0.2, 0) is 19.6 Å². The molecule has 0 radical (unpaired) electrons. The van der Waals surface area contributed by atoms with Gasteiger partial charge in [-0.05, 0) is 83.6 Å². The lowest BCUT2D eigenvalue weighted by atomic mass is 9.71. The molecule has 30 heavy (non-hydrogen) atoms. The van der Waals surface area contributed by atoms with Gasteiger partial charge in [0.15, 0.2) is 0 Å². The third-order valence-corrected chi connectivity index (χ3v) is 7.30. The minimum absolute atomic E-state index is 0.197. The van der Waals surface area contributed by atoms with Crippen LogP contribution >= 0.6 is 15.9 Å². The molecule has 3 aliphatic heterocycles. The Morgan fingerprint density at radius 1 is 1.20 bits per heavy atom. The molecule has 1 fully saturated rings.